The molecule has 1 heterocycles. The van der Waals surface area contributed by atoms with Gasteiger partial charge in [-0.1, -0.05) is 12.8 Å². The average molecular weight is 240 g/mol. The molecule has 2 aliphatic rings. The molecule has 2 rings (SSSR count). The molecule has 0 aromatic carbocycles. The van der Waals surface area contributed by atoms with Gasteiger partial charge >= 0.3 is 0 Å². The van der Waals surface area contributed by atoms with Crippen LogP contribution < -0.4 is 5.32 Å². The number of ether oxygens (including phenoxy) is 1. The second-order valence-corrected chi connectivity index (χ2v) is 5.89. The van der Waals surface area contributed by atoms with Crippen molar-refractivity contribution >= 4 is 0 Å². The molecule has 1 N–H and O–H groups in total. The van der Waals surface area contributed by atoms with Crippen molar-refractivity contribution < 1.29 is 4.74 Å². The van der Waals surface area contributed by atoms with E-state index in [4.69, 9.17) is 4.74 Å². The summed E-state index contributed by atoms with van der Waals surface area (Å²) in [6, 6.07) is 0.698. The van der Waals surface area contributed by atoms with Gasteiger partial charge in [-0.25, -0.2) is 0 Å². The molecule has 1 saturated carbocycles. The Morgan fingerprint density at radius 2 is 2.06 bits per heavy atom. The Labute approximate surface area is 106 Å². The lowest BCUT2D eigenvalue weighted by Crippen LogP contribution is -2.62. The van der Waals surface area contributed by atoms with E-state index >= 15 is 0 Å². The molecule has 2 fully saturated rings. The van der Waals surface area contributed by atoms with Gasteiger partial charge in [-0.15, -0.1) is 0 Å². The number of piperazine rings is 1. The van der Waals surface area contributed by atoms with E-state index in [1.807, 2.05) is 0 Å². The van der Waals surface area contributed by atoms with Gasteiger partial charge in [0.1, 0.15) is 0 Å². The molecule has 1 spiro atoms. The second-order valence-electron chi connectivity index (χ2n) is 5.89. The van der Waals surface area contributed by atoms with Gasteiger partial charge in [0.15, 0.2) is 0 Å². The fourth-order valence-electron chi connectivity index (χ4n) is 3.34. The zero-order chi connectivity index (χ0) is 12.1. The third-order valence-corrected chi connectivity index (χ3v) is 4.51. The lowest BCUT2D eigenvalue weighted by Gasteiger charge is -2.45. The number of rotatable bonds is 5. The van der Waals surface area contributed by atoms with Crippen LogP contribution >= 0.6 is 0 Å². The first-order chi connectivity index (χ1) is 8.26. The highest BCUT2D eigenvalue weighted by Gasteiger charge is 2.39. The maximum Gasteiger partial charge on any atom is 0.0462 e. The lowest BCUT2D eigenvalue weighted by atomic mass is 9.92. The van der Waals surface area contributed by atoms with Crippen LogP contribution in [0.25, 0.3) is 0 Å². The molecule has 0 aromatic rings. The summed E-state index contributed by atoms with van der Waals surface area (Å²) in [7, 11) is 1.79. The molecule has 1 aliphatic heterocycles. The quantitative estimate of drug-likeness (QED) is 0.744. The first-order valence-electron chi connectivity index (χ1n) is 7.24. The molecule has 0 aromatic heterocycles. The number of hydrogen-bond donors (Lipinski definition) is 1. The Hall–Kier alpha value is -0.120. The van der Waals surface area contributed by atoms with Crippen molar-refractivity contribution in [2.75, 3.05) is 33.4 Å². The molecular weight excluding hydrogens is 212 g/mol. The highest BCUT2D eigenvalue weighted by Crippen LogP contribution is 2.33. The predicted octanol–water partition coefficient (Wildman–Crippen LogP) is 2.02. The number of nitrogens with one attached hydrogen (secondary N) is 1. The Balaban J connectivity index is 1.78. The minimum absolute atomic E-state index is 0.466. The number of methoxy groups -OCH3 is 1. The Morgan fingerprint density at radius 1 is 1.29 bits per heavy atom. The van der Waals surface area contributed by atoms with E-state index in [-0.39, 0.29) is 0 Å². The van der Waals surface area contributed by atoms with Crippen molar-refractivity contribution in [3.63, 3.8) is 0 Å². The fraction of sp³-hybridized carbons (Fsp3) is 1.00. The summed E-state index contributed by atoms with van der Waals surface area (Å²) in [5, 5.41) is 3.81. The fourth-order valence-corrected chi connectivity index (χ4v) is 3.34. The molecule has 0 radical (unpaired) electrons. The van der Waals surface area contributed by atoms with Crippen LogP contribution in [-0.4, -0.2) is 49.8 Å². The Morgan fingerprint density at radius 3 is 2.76 bits per heavy atom. The third kappa shape index (κ3) is 3.43. The lowest BCUT2D eigenvalue weighted by molar-refractivity contribution is 0.0846. The monoisotopic (exact) mass is 240 g/mol. The van der Waals surface area contributed by atoms with Gasteiger partial charge in [-0.05, 0) is 39.2 Å². The zero-order valence-electron chi connectivity index (χ0n) is 11.5. The van der Waals surface area contributed by atoms with Crippen LogP contribution in [0.2, 0.25) is 0 Å². The first kappa shape index (κ1) is 13.3. The molecule has 0 bridgehead atoms. The highest BCUT2D eigenvalue weighted by atomic mass is 16.5. The highest BCUT2D eigenvalue weighted by molar-refractivity contribution is 5.00. The van der Waals surface area contributed by atoms with Gasteiger partial charge in [0.25, 0.3) is 0 Å². The van der Waals surface area contributed by atoms with Gasteiger partial charge in [0.2, 0.25) is 0 Å². The topological polar surface area (TPSA) is 24.5 Å². The summed E-state index contributed by atoms with van der Waals surface area (Å²) in [6.45, 7) is 6.94. The van der Waals surface area contributed by atoms with Crippen LogP contribution in [0.3, 0.4) is 0 Å². The molecule has 17 heavy (non-hydrogen) atoms. The van der Waals surface area contributed by atoms with Crippen molar-refractivity contribution in [2.45, 2.75) is 57.0 Å². The normalized spacial score (nSPS) is 28.9. The maximum absolute atomic E-state index is 5.12. The smallest absolute Gasteiger partial charge is 0.0462 e. The van der Waals surface area contributed by atoms with Crippen molar-refractivity contribution in [1.29, 1.82) is 0 Å². The van der Waals surface area contributed by atoms with Gasteiger partial charge in [0.05, 0.1) is 0 Å². The molecule has 3 nitrogen and oxygen atoms in total. The van der Waals surface area contributed by atoms with E-state index in [1.165, 1.54) is 58.2 Å². The van der Waals surface area contributed by atoms with Gasteiger partial charge in [0, 0.05) is 38.4 Å². The van der Waals surface area contributed by atoms with E-state index in [2.05, 4.69) is 17.1 Å². The summed E-state index contributed by atoms with van der Waals surface area (Å²) in [4.78, 5) is 2.69. The van der Waals surface area contributed by atoms with Crippen molar-refractivity contribution in [2.24, 2.45) is 0 Å². The zero-order valence-corrected chi connectivity index (χ0v) is 11.5. The van der Waals surface area contributed by atoms with Crippen molar-refractivity contribution in [3.8, 4) is 0 Å². The third-order valence-electron chi connectivity index (χ3n) is 4.51. The summed E-state index contributed by atoms with van der Waals surface area (Å²) in [6.07, 6.45) is 8.06. The standard InChI is InChI=1S/C14H28N2O/c1-13-11-15-14(7-3-4-8-14)12-16(13)9-5-6-10-17-2/h13,15H,3-12H2,1-2H3. The summed E-state index contributed by atoms with van der Waals surface area (Å²) in [5.41, 5.74) is 0.466. The molecule has 1 atom stereocenters. The van der Waals surface area contributed by atoms with Crippen LogP contribution in [0, 0.1) is 0 Å². The van der Waals surface area contributed by atoms with E-state index in [0.29, 0.717) is 11.6 Å². The van der Waals surface area contributed by atoms with E-state index in [9.17, 15) is 0 Å². The van der Waals surface area contributed by atoms with Crippen LogP contribution in [-0.2, 0) is 4.74 Å². The second kappa shape index (κ2) is 6.17. The van der Waals surface area contributed by atoms with Crippen LogP contribution in [0.5, 0.6) is 0 Å². The molecule has 1 aliphatic carbocycles. The van der Waals surface area contributed by atoms with E-state index < -0.39 is 0 Å². The van der Waals surface area contributed by atoms with E-state index in [1.54, 1.807) is 7.11 Å². The molecule has 100 valence electrons. The molecular formula is C14H28N2O. The summed E-state index contributed by atoms with van der Waals surface area (Å²) >= 11 is 0. The number of nitrogens with zero attached hydrogens (tertiary/aromatic N) is 1. The van der Waals surface area contributed by atoms with Crippen molar-refractivity contribution in [1.82, 2.24) is 10.2 Å². The first-order valence-corrected chi connectivity index (χ1v) is 7.24. The molecule has 1 unspecified atom stereocenters. The SMILES string of the molecule is COCCCCN1CC2(CCCC2)NCC1C. The predicted molar refractivity (Wildman–Crippen MR) is 71.3 cm³/mol. The minimum Gasteiger partial charge on any atom is -0.385 e. The average Bonchev–Trinajstić information content (AvgIpc) is 2.78. The van der Waals surface area contributed by atoms with Crippen LogP contribution in [0.4, 0.5) is 0 Å². The van der Waals surface area contributed by atoms with Crippen LogP contribution in [0.15, 0.2) is 0 Å². The van der Waals surface area contributed by atoms with Crippen LogP contribution in [0.1, 0.15) is 45.4 Å². The number of unbranched alkanes of at least 4 members (excludes halogenated alkanes) is 1. The molecule has 3 heteroatoms. The van der Waals surface area contributed by atoms with Gasteiger partial charge < -0.3 is 10.1 Å². The Kier molecular flexibility index (Phi) is 4.83. The molecule has 1 saturated heterocycles. The maximum atomic E-state index is 5.12. The van der Waals surface area contributed by atoms with E-state index in [0.717, 1.165) is 6.61 Å². The van der Waals surface area contributed by atoms with Crippen molar-refractivity contribution in [3.05, 3.63) is 0 Å². The van der Waals surface area contributed by atoms with Gasteiger partial charge in [-0.3, -0.25) is 4.90 Å². The number of hydrogen-bond acceptors (Lipinski definition) is 3. The molecule has 0 amide bonds. The van der Waals surface area contributed by atoms with Gasteiger partial charge in [-0.2, -0.15) is 0 Å². The Bertz CT molecular complexity index is 226. The summed E-state index contributed by atoms with van der Waals surface area (Å²) < 4.78 is 5.12. The minimum atomic E-state index is 0.466. The largest absolute Gasteiger partial charge is 0.385 e. The summed E-state index contributed by atoms with van der Waals surface area (Å²) in [5.74, 6) is 0.